The van der Waals surface area contributed by atoms with E-state index in [0.29, 0.717) is 11.4 Å². The van der Waals surface area contributed by atoms with Gasteiger partial charge in [0.25, 0.3) is 0 Å². The first-order valence-electron chi connectivity index (χ1n) is 6.15. The average Bonchev–Trinajstić information content (AvgIpc) is 2.29. The minimum absolute atomic E-state index is 0.0593. The minimum Gasteiger partial charge on any atom is -0.474 e. The van der Waals surface area contributed by atoms with E-state index in [1.54, 1.807) is 12.1 Å². The van der Waals surface area contributed by atoms with Crippen LogP contribution in [0.1, 0.15) is 43.4 Å². The number of pyridine rings is 1. The Labute approximate surface area is 102 Å². The lowest BCUT2D eigenvalue weighted by atomic mass is 9.98. The number of nitrogens with two attached hydrogens (primary N) is 1. The van der Waals surface area contributed by atoms with Crippen molar-refractivity contribution in [3.05, 3.63) is 23.4 Å². The molecular weight excluding hydrogens is 214 g/mol. The normalized spacial score (nSPS) is 16.8. The van der Waals surface area contributed by atoms with E-state index in [-0.39, 0.29) is 11.9 Å². The van der Waals surface area contributed by atoms with Gasteiger partial charge in [-0.05, 0) is 38.7 Å². The lowest BCUT2D eigenvalue weighted by molar-refractivity contribution is 0.148. The standard InChI is InChI=1S/C13H19N3O/c1-9-7-10(13(14)15)8-12(16-9)17-11-5-3-2-4-6-11/h7-8,11H,2-6H2,1H3,(H3,14,15). The Morgan fingerprint density at radius 2 is 2.06 bits per heavy atom. The molecule has 1 fully saturated rings. The van der Waals surface area contributed by atoms with Gasteiger partial charge in [0.15, 0.2) is 0 Å². The third kappa shape index (κ3) is 3.19. The van der Waals surface area contributed by atoms with E-state index in [9.17, 15) is 0 Å². The second-order valence-electron chi connectivity index (χ2n) is 4.63. The molecule has 1 aliphatic carbocycles. The number of aryl methyl sites for hydroxylation is 1. The van der Waals surface area contributed by atoms with Crippen LogP contribution in [0.4, 0.5) is 0 Å². The van der Waals surface area contributed by atoms with Crippen molar-refractivity contribution in [2.75, 3.05) is 0 Å². The summed E-state index contributed by atoms with van der Waals surface area (Å²) in [5.41, 5.74) is 7.00. The van der Waals surface area contributed by atoms with Gasteiger partial charge in [-0.25, -0.2) is 4.98 Å². The number of nitrogens with one attached hydrogen (secondary N) is 1. The maximum atomic E-state index is 7.44. The van der Waals surface area contributed by atoms with Crippen molar-refractivity contribution in [1.29, 1.82) is 5.41 Å². The van der Waals surface area contributed by atoms with E-state index in [1.165, 1.54) is 19.3 Å². The second-order valence-corrected chi connectivity index (χ2v) is 4.63. The van der Waals surface area contributed by atoms with Crippen molar-refractivity contribution >= 4 is 5.84 Å². The summed E-state index contributed by atoms with van der Waals surface area (Å²) < 4.78 is 5.86. The molecule has 0 aliphatic heterocycles. The number of nitrogen functional groups attached to an aromatic ring is 1. The highest BCUT2D eigenvalue weighted by Gasteiger charge is 2.16. The summed E-state index contributed by atoms with van der Waals surface area (Å²) >= 11 is 0. The molecule has 0 amide bonds. The zero-order valence-corrected chi connectivity index (χ0v) is 10.2. The fourth-order valence-corrected chi connectivity index (χ4v) is 2.21. The van der Waals surface area contributed by atoms with Gasteiger partial charge >= 0.3 is 0 Å². The van der Waals surface area contributed by atoms with E-state index < -0.39 is 0 Å². The Kier molecular flexibility index (Phi) is 3.61. The lowest BCUT2D eigenvalue weighted by Gasteiger charge is -2.22. The summed E-state index contributed by atoms with van der Waals surface area (Å²) in [7, 11) is 0. The quantitative estimate of drug-likeness (QED) is 0.622. The molecule has 1 aromatic heterocycles. The summed E-state index contributed by atoms with van der Waals surface area (Å²) in [6, 6.07) is 3.56. The van der Waals surface area contributed by atoms with E-state index in [1.807, 2.05) is 6.92 Å². The number of hydrogen-bond donors (Lipinski definition) is 2. The largest absolute Gasteiger partial charge is 0.474 e. The number of ether oxygens (including phenoxy) is 1. The Hall–Kier alpha value is -1.58. The molecule has 0 bridgehead atoms. The van der Waals surface area contributed by atoms with Crippen LogP contribution in [0.15, 0.2) is 12.1 Å². The molecule has 3 N–H and O–H groups in total. The van der Waals surface area contributed by atoms with Crippen LogP contribution in [0.2, 0.25) is 0 Å². The van der Waals surface area contributed by atoms with Gasteiger partial charge in [-0.2, -0.15) is 0 Å². The Morgan fingerprint density at radius 1 is 1.35 bits per heavy atom. The van der Waals surface area contributed by atoms with Crippen LogP contribution >= 0.6 is 0 Å². The molecule has 4 heteroatoms. The third-order valence-electron chi connectivity index (χ3n) is 3.08. The van der Waals surface area contributed by atoms with Crippen molar-refractivity contribution in [3.63, 3.8) is 0 Å². The molecule has 0 spiro atoms. The molecule has 1 heterocycles. The van der Waals surface area contributed by atoms with Gasteiger partial charge in [0.05, 0.1) is 0 Å². The number of hydrogen-bond acceptors (Lipinski definition) is 3. The molecule has 0 aromatic carbocycles. The fourth-order valence-electron chi connectivity index (χ4n) is 2.21. The van der Waals surface area contributed by atoms with Crippen molar-refractivity contribution in [2.24, 2.45) is 5.73 Å². The highest BCUT2D eigenvalue weighted by molar-refractivity contribution is 5.95. The Morgan fingerprint density at radius 3 is 2.71 bits per heavy atom. The topological polar surface area (TPSA) is 72.0 Å². The van der Waals surface area contributed by atoms with Crippen LogP contribution in [0.3, 0.4) is 0 Å². The van der Waals surface area contributed by atoms with E-state index >= 15 is 0 Å². The molecule has 0 radical (unpaired) electrons. The van der Waals surface area contributed by atoms with E-state index in [2.05, 4.69) is 4.98 Å². The van der Waals surface area contributed by atoms with Gasteiger partial charge < -0.3 is 10.5 Å². The fraction of sp³-hybridized carbons (Fsp3) is 0.538. The number of rotatable bonds is 3. The number of amidine groups is 1. The molecule has 4 nitrogen and oxygen atoms in total. The lowest BCUT2D eigenvalue weighted by Crippen LogP contribution is -2.21. The maximum absolute atomic E-state index is 7.44. The molecule has 1 aliphatic rings. The van der Waals surface area contributed by atoms with Crippen LogP contribution in [0.5, 0.6) is 5.88 Å². The first-order valence-corrected chi connectivity index (χ1v) is 6.15. The van der Waals surface area contributed by atoms with Crippen molar-refractivity contribution < 1.29 is 4.74 Å². The third-order valence-corrected chi connectivity index (χ3v) is 3.08. The SMILES string of the molecule is Cc1cc(C(=N)N)cc(OC2CCCCC2)n1. The van der Waals surface area contributed by atoms with Crippen molar-refractivity contribution in [1.82, 2.24) is 4.98 Å². The highest BCUT2D eigenvalue weighted by atomic mass is 16.5. The molecule has 0 atom stereocenters. The van der Waals surface area contributed by atoms with E-state index in [0.717, 1.165) is 18.5 Å². The summed E-state index contributed by atoms with van der Waals surface area (Å²) in [5.74, 6) is 0.658. The molecule has 2 rings (SSSR count). The molecule has 0 saturated heterocycles. The Balaban J connectivity index is 2.11. The minimum atomic E-state index is 0.0593. The van der Waals surface area contributed by atoms with Crippen LogP contribution in [0.25, 0.3) is 0 Å². The zero-order chi connectivity index (χ0) is 12.3. The van der Waals surface area contributed by atoms with Crippen LogP contribution in [-0.4, -0.2) is 16.9 Å². The summed E-state index contributed by atoms with van der Waals surface area (Å²) in [6.45, 7) is 1.89. The van der Waals surface area contributed by atoms with E-state index in [4.69, 9.17) is 15.9 Å². The Bertz CT molecular complexity index is 411. The first kappa shape index (κ1) is 11.9. The predicted molar refractivity (Wildman–Crippen MR) is 67.5 cm³/mol. The molecule has 0 unspecified atom stereocenters. The van der Waals surface area contributed by atoms with Gasteiger partial charge in [-0.3, -0.25) is 5.41 Å². The number of nitrogens with zero attached hydrogens (tertiary/aromatic N) is 1. The molecule has 17 heavy (non-hydrogen) atoms. The number of aromatic nitrogens is 1. The van der Waals surface area contributed by atoms with Crippen molar-refractivity contribution in [3.8, 4) is 5.88 Å². The summed E-state index contributed by atoms with van der Waals surface area (Å²) in [6.07, 6.45) is 6.25. The van der Waals surface area contributed by atoms with Gasteiger partial charge in [-0.15, -0.1) is 0 Å². The van der Waals surface area contributed by atoms with Gasteiger partial charge in [0.2, 0.25) is 5.88 Å². The summed E-state index contributed by atoms with van der Waals surface area (Å²) in [4.78, 5) is 4.34. The zero-order valence-electron chi connectivity index (χ0n) is 10.2. The van der Waals surface area contributed by atoms with Gasteiger partial charge in [-0.1, -0.05) is 6.42 Å². The van der Waals surface area contributed by atoms with Crippen LogP contribution < -0.4 is 10.5 Å². The van der Waals surface area contributed by atoms with Gasteiger partial charge in [0, 0.05) is 17.3 Å². The molecule has 1 aromatic rings. The average molecular weight is 233 g/mol. The summed E-state index contributed by atoms with van der Waals surface area (Å²) in [5, 5.41) is 7.44. The van der Waals surface area contributed by atoms with Crippen molar-refractivity contribution in [2.45, 2.75) is 45.1 Å². The highest BCUT2D eigenvalue weighted by Crippen LogP contribution is 2.23. The maximum Gasteiger partial charge on any atom is 0.214 e. The van der Waals surface area contributed by atoms with Crippen LogP contribution in [0, 0.1) is 12.3 Å². The molecule has 92 valence electrons. The molecular formula is C13H19N3O. The monoisotopic (exact) mass is 233 g/mol. The predicted octanol–water partition coefficient (Wildman–Crippen LogP) is 2.39. The smallest absolute Gasteiger partial charge is 0.214 e. The van der Waals surface area contributed by atoms with Gasteiger partial charge in [0.1, 0.15) is 11.9 Å². The second kappa shape index (κ2) is 5.17. The first-order chi connectivity index (χ1) is 8.15. The molecule has 1 saturated carbocycles. The van der Waals surface area contributed by atoms with Crippen LogP contribution in [-0.2, 0) is 0 Å².